The first-order valence-corrected chi connectivity index (χ1v) is 7.18. The van der Waals surface area contributed by atoms with Gasteiger partial charge in [0.25, 0.3) is 0 Å². The van der Waals surface area contributed by atoms with Gasteiger partial charge in [-0.15, -0.1) is 0 Å². The second-order valence-electron chi connectivity index (χ2n) is 3.42. The van der Waals surface area contributed by atoms with Crippen LogP contribution in [0.2, 0.25) is 0 Å². The van der Waals surface area contributed by atoms with Crippen molar-refractivity contribution in [3.8, 4) is 6.07 Å². The summed E-state index contributed by atoms with van der Waals surface area (Å²) in [7, 11) is -3.55. The number of allylic oxidation sites excluding steroid dienone is 1. The maximum atomic E-state index is 12.4. The van der Waals surface area contributed by atoms with E-state index in [2.05, 4.69) is 0 Å². The number of aryl methyl sites for hydroxylation is 1. The fraction of sp³-hybridized carbons (Fsp3) is 0.417. The van der Waals surface area contributed by atoms with E-state index in [4.69, 9.17) is 18.7 Å². The topological polar surface area (TPSA) is 72.5 Å². The summed E-state index contributed by atoms with van der Waals surface area (Å²) in [5.74, 6) is 1.16. The van der Waals surface area contributed by atoms with Crippen LogP contribution in [0.25, 0.3) is 6.08 Å². The molecule has 1 rings (SSSR count). The third-order valence-electron chi connectivity index (χ3n) is 2.05. The van der Waals surface area contributed by atoms with E-state index >= 15 is 0 Å². The standard InChI is InChI=1S/C12H16NO4P/c1-4-15-18(14,16-5-2)12(9-13)8-11-7-6-10(3)17-11/h6-8H,4-5H2,1-3H3. The number of hydrogen-bond acceptors (Lipinski definition) is 5. The Kier molecular flexibility index (Phi) is 5.36. The average molecular weight is 269 g/mol. The molecular weight excluding hydrogens is 253 g/mol. The molecule has 0 saturated carbocycles. The lowest BCUT2D eigenvalue weighted by Crippen LogP contribution is -1.97. The fourth-order valence-corrected chi connectivity index (χ4v) is 2.79. The molecule has 0 unspecified atom stereocenters. The SMILES string of the molecule is CCOP(=O)(OCC)C(C#N)=Cc1ccc(C)o1. The van der Waals surface area contributed by atoms with Gasteiger partial charge < -0.3 is 13.5 Å². The van der Waals surface area contributed by atoms with Crippen LogP contribution in [0.3, 0.4) is 0 Å². The number of furan rings is 1. The Morgan fingerprint density at radius 3 is 2.44 bits per heavy atom. The predicted molar refractivity (Wildman–Crippen MR) is 67.9 cm³/mol. The van der Waals surface area contributed by atoms with E-state index < -0.39 is 7.60 Å². The molecule has 0 aromatic carbocycles. The Hall–Kier alpha value is -1.34. The molecule has 98 valence electrons. The van der Waals surface area contributed by atoms with E-state index in [-0.39, 0.29) is 18.5 Å². The molecule has 0 amide bonds. The molecule has 1 aromatic heterocycles. The molecule has 0 bridgehead atoms. The van der Waals surface area contributed by atoms with Gasteiger partial charge in [0.2, 0.25) is 0 Å². The van der Waals surface area contributed by atoms with Crippen molar-refractivity contribution >= 4 is 13.7 Å². The van der Waals surface area contributed by atoms with Gasteiger partial charge in [-0.3, -0.25) is 4.57 Å². The molecule has 5 nitrogen and oxygen atoms in total. The summed E-state index contributed by atoms with van der Waals surface area (Å²) in [4.78, 5) is 0. The van der Waals surface area contributed by atoms with E-state index in [9.17, 15) is 4.57 Å². The number of hydrogen-bond donors (Lipinski definition) is 0. The first kappa shape index (κ1) is 14.7. The molecule has 0 spiro atoms. The van der Waals surface area contributed by atoms with Crippen molar-refractivity contribution in [2.75, 3.05) is 13.2 Å². The molecule has 1 aromatic rings. The van der Waals surface area contributed by atoms with Crippen molar-refractivity contribution in [3.05, 3.63) is 29.0 Å². The third-order valence-corrected chi connectivity index (χ3v) is 4.06. The van der Waals surface area contributed by atoms with Crippen LogP contribution in [0.15, 0.2) is 21.9 Å². The van der Waals surface area contributed by atoms with Gasteiger partial charge in [0.15, 0.2) is 0 Å². The second-order valence-corrected chi connectivity index (χ2v) is 5.42. The quantitative estimate of drug-likeness (QED) is 0.581. The first-order valence-electron chi connectivity index (χ1n) is 5.63. The van der Waals surface area contributed by atoms with Crippen LogP contribution in [-0.4, -0.2) is 13.2 Å². The Morgan fingerprint density at radius 1 is 1.44 bits per heavy atom. The van der Waals surface area contributed by atoms with Crippen molar-refractivity contribution in [1.82, 2.24) is 0 Å². The highest BCUT2D eigenvalue weighted by Gasteiger charge is 2.30. The number of rotatable bonds is 6. The molecule has 0 radical (unpaired) electrons. The van der Waals surface area contributed by atoms with Crippen LogP contribution in [0, 0.1) is 18.3 Å². The smallest absolute Gasteiger partial charge is 0.371 e. The minimum atomic E-state index is -3.55. The van der Waals surface area contributed by atoms with Crippen LogP contribution in [0.1, 0.15) is 25.4 Å². The van der Waals surface area contributed by atoms with Gasteiger partial charge >= 0.3 is 7.60 Å². The normalized spacial score (nSPS) is 12.4. The van der Waals surface area contributed by atoms with Gasteiger partial charge in [-0.25, -0.2) is 0 Å². The molecule has 0 aliphatic carbocycles. The van der Waals surface area contributed by atoms with Crippen molar-refractivity contribution in [3.63, 3.8) is 0 Å². The predicted octanol–water partition coefficient (Wildman–Crippen LogP) is 3.72. The lowest BCUT2D eigenvalue weighted by molar-refractivity contribution is 0.227. The Labute approximate surface area is 107 Å². The van der Waals surface area contributed by atoms with E-state index in [0.29, 0.717) is 11.5 Å². The molecule has 0 N–H and O–H groups in total. The largest absolute Gasteiger partial charge is 0.462 e. The van der Waals surface area contributed by atoms with Crippen LogP contribution in [-0.2, 0) is 13.6 Å². The third kappa shape index (κ3) is 3.58. The monoisotopic (exact) mass is 269 g/mol. The minimum Gasteiger partial charge on any atom is -0.462 e. The number of nitriles is 1. The molecule has 1 heterocycles. The molecule has 0 aliphatic rings. The van der Waals surface area contributed by atoms with E-state index in [1.165, 1.54) is 6.08 Å². The summed E-state index contributed by atoms with van der Waals surface area (Å²) in [6.07, 6.45) is 1.39. The van der Waals surface area contributed by atoms with Gasteiger partial charge in [-0.1, -0.05) is 0 Å². The zero-order valence-electron chi connectivity index (χ0n) is 10.7. The van der Waals surface area contributed by atoms with Crippen LogP contribution < -0.4 is 0 Å². The van der Waals surface area contributed by atoms with Crippen LogP contribution in [0.5, 0.6) is 0 Å². The van der Waals surface area contributed by atoms with E-state index in [0.717, 1.165) is 0 Å². The number of nitrogens with zero attached hydrogens (tertiary/aromatic N) is 1. The second kappa shape index (κ2) is 6.55. The Balaban J connectivity index is 3.11. The van der Waals surface area contributed by atoms with Crippen molar-refractivity contribution in [2.45, 2.75) is 20.8 Å². The Bertz CT molecular complexity index is 502. The highest BCUT2D eigenvalue weighted by molar-refractivity contribution is 7.59. The summed E-state index contributed by atoms with van der Waals surface area (Å²) in [6, 6.07) is 5.30. The Morgan fingerprint density at radius 2 is 2.06 bits per heavy atom. The summed E-state index contributed by atoms with van der Waals surface area (Å²) in [5, 5.41) is 9.04. The maximum Gasteiger partial charge on any atom is 0.371 e. The summed E-state index contributed by atoms with van der Waals surface area (Å²) in [6.45, 7) is 5.57. The van der Waals surface area contributed by atoms with Crippen LogP contribution >= 0.6 is 7.60 Å². The molecule has 18 heavy (non-hydrogen) atoms. The lowest BCUT2D eigenvalue weighted by Gasteiger charge is -2.15. The van der Waals surface area contributed by atoms with Gasteiger partial charge in [0.05, 0.1) is 13.2 Å². The van der Waals surface area contributed by atoms with Gasteiger partial charge in [0, 0.05) is 6.08 Å². The van der Waals surface area contributed by atoms with Crippen molar-refractivity contribution in [2.24, 2.45) is 0 Å². The van der Waals surface area contributed by atoms with E-state index in [1.54, 1.807) is 32.9 Å². The van der Waals surface area contributed by atoms with Crippen molar-refractivity contribution < 1.29 is 18.0 Å². The van der Waals surface area contributed by atoms with Crippen LogP contribution in [0.4, 0.5) is 0 Å². The zero-order chi connectivity index (χ0) is 13.6. The fourth-order valence-electron chi connectivity index (χ4n) is 1.35. The van der Waals surface area contributed by atoms with Crippen molar-refractivity contribution in [1.29, 1.82) is 5.26 Å². The molecule has 0 saturated heterocycles. The summed E-state index contributed by atoms with van der Waals surface area (Å²) >= 11 is 0. The highest BCUT2D eigenvalue weighted by atomic mass is 31.2. The lowest BCUT2D eigenvalue weighted by atomic mass is 10.4. The molecule has 0 fully saturated rings. The summed E-state index contributed by atoms with van der Waals surface area (Å²) < 4.78 is 27.9. The first-order chi connectivity index (χ1) is 8.55. The molecular formula is C12H16NO4P. The van der Waals surface area contributed by atoms with Gasteiger partial charge in [0.1, 0.15) is 22.9 Å². The molecule has 6 heteroatoms. The van der Waals surface area contributed by atoms with Gasteiger partial charge in [-0.05, 0) is 32.9 Å². The average Bonchev–Trinajstić information content (AvgIpc) is 2.72. The molecule has 0 aliphatic heterocycles. The zero-order valence-corrected chi connectivity index (χ0v) is 11.6. The van der Waals surface area contributed by atoms with E-state index in [1.807, 2.05) is 6.07 Å². The van der Waals surface area contributed by atoms with Gasteiger partial charge in [-0.2, -0.15) is 5.26 Å². The minimum absolute atomic E-state index is 0.0550. The molecule has 0 atom stereocenters. The summed E-state index contributed by atoms with van der Waals surface area (Å²) in [5.41, 5.74) is 0. The highest BCUT2D eigenvalue weighted by Crippen LogP contribution is 2.56. The maximum absolute atomic E-state index is 12.4.